The van der Waals surface area contributed by atoms with E-state index in [1.54, 1.807) is 0 Å². The zero-order valence-electron chi connectivity index (χ0n) is 12.7. The van der Waals surface area contributed by atoms with Gasteiger partial charge in [-0.2, -0.15) is 5.10 Å². The van der Waals surface area contributed by atoms with Crippen LogP contribution >= 0.6 is 0 Å². The Bertz CT molecular complexity index is 398. The molecule has 0 spiro atoms. The Morgan fingerprint density at radius 1 is 1.30 bits per heavy atom. The van der Waals surface area contributed by atoms with E-state index in [1.165, 1.54) is 6.08 Å². The highest BCUT2D eigenvalue weighted by Gasteiger charge is 2.28. The molecule has 20 heavy (non-hydrogen) atoms. The molecule has 1 fully saturated rings. The molecule has 0 bridgehead atoms. The van der Waals surface area contributed by atoms with Crippen molar-refractivity contribution in [2.75, 3.05) is 6.54 Å². The standard InChI is InChI=1S/C15H25N3O2/c1-5-10-16-13(19)14(20)18-17-12-8-6-11(7-9-12)15(2,3)4/h5,11H,1,6-10H2,2-4H3,(H,16,19)(H,18,20). The molecule has 5 nitrogen and oxygen atoms in total. The summed E-state index contributed by atoms with van der Waals surface area (Å²) >= 11 is 0. The average Bonchev–Trinajstić information content (AvgIpc) is 2.41. The first-order valence-corrected chi connectivity index (χ1v) is 7.09. The van der Waals surface area contributed by atoms with E-state index in [-0.39, 0.29) is 6.54 Å². The quantitative estimate of drug-likeness (QED) is 0.471. The maximum Gasteiger partial charge on any atom is 0.329 e. The van der Waals surface area contributed by atoms with Gasteiger partial charge in [0.2, 0.25) is 0 Å². The van der Waals surface area contributed by atoms with Crippen LogP contribution in [0.5, 0.6) is 0 Å². The predicted octanol–water partition coefficient (Wildman–Crippen LogP) is 2.00. The summed E-state index contributed by atoms with van der Waals surface area (Å²) in [7, 11) is 0. The number of carbonyl (C=O) groups excluding carboxylic acids is 2. The Kier molecular flexibility index (Phi) is 5.92. The number of nitrogens with zero attached hydrogens (tertiary/aromatic N) is 1. The van der Waals surface area contributed by atoms with Crippen LogP contribution in [0.15, 0.2) is 17.8 Å². The second-order valence-electron chi connectivity index (χ2n) is 6.26. The van der Waals surface area contributed by atoms with Gasteiger partial charge in [0.1, 0.15) is 0 Å². The maximum atomic E-state index is 11.5. The molecular weight excluding hydrogens is 254 g/mol. The van der Waals surface area contributed by atoms with E-state index in [1.807, 2.05) is 0 Å². The molecule has 0 radical (unpaired) electrons. The normalized spacial score (nSPS) is 19.1. The van der Waals surface area contributed by atoms with Crippen molar-refractivity contribution in [3.05, 3.63) is 12.7 Å². The van der Waals surface area contributed by atoms with Crippen LogP contribution in [0.4, 0.5) is 0 Å². The molecule has 0 aromatic carbocycles. The third-order valence-corrected chi connectivity index (χ3v) is 3.72. The number of nitrogens with one attached hydrogen (secondary N) is 2. The van der Waals surface area contributed by atoms with Crippen molar-refractivity contribution in [3.63, 3.8) is 0 Å². The number of hydrazone groups is 1. The summed E-state index contributed by atoms with van der Waals surface area (Å²) in [5, 5.41) is 6.47. The summed E-state index contributed by atoms with van der Waals surface area (Å²) in [6.45, 7) is 10.5. The Morgan fingerprint density at radius 2 is 1.90 bits per heavy atom. The fourth-order valence-corrected chi connectivity index (χ4v) is 2.35. The smallest absolute Gasteiger partial charge is 0.329 e. The number of rotatable bonds is 3. The highest BCUT2D eigenvalue weighted by molar-refractivity contribution is 6.35. The van der Waals surface area contributed by atoms with Crippen molar-refractivity contribution < 1.29 is 9.59 Å². The molecule has 112 valence electrons. The fourth-order valence-electron chi connectivity index (χ4n) is 2.35. The molecule has 0 atom stereocenters. The monoisotopic (exact) mass is 279 g/mol. The topological polar surface area (TPSA) is 70.6 Å². The molecule has 0 heterocycles. The van der Waals surface area contributed by atoms with Gasteiger partial charge in [-0.15, -0.1) is 6.58 Å². The molecule has 0 saturated heterocycles. The molecule has 2 amide bonds. The molecule has 0 unspecified atom stereocenters. The molecule has 0 aromatic heterocycles. The SMILES string of the molecule is C=CCNC(=O)C(=O)NN=C1CCC(C(C)(C)C)CC1. The number of carbonyl (C=O) groups is 2. The van der Waals surface area contributed by atoms with Crippen LogP contribution in [-0.2, 0) is 9.59 Å². The van der Waals surface area contributed by atoms with E-state index in [4.69, 9.17) is 0 Å². The summed E-state index contributed by atoms with van der Waals surface area (Å²) in [6, 6.07) is 0. The van der Waals surface area contributed by atoms with Gasteiger partial charge in [0, 0.05) is 12.3 Å². The van der Waals surface area contributed by atoms with Gasteiger partial charge in [0.15, 0.2) is 0 Å². The van der Waals surface area contributed by atoms with Crippen LogP contribution in [0.25, 0.3) is 0 Å². The van der Waals surface area contributed by atoms with Crippen molar-refractivity contribution >= 4 is 17.5 Å². The van der Waals surface area contributed by atoms with Gasteiger partial charge in [-0.05, 0) is 37.0 Å². The minimum Gasteiger partial charge on any atom is -0.344 e. The van der Waals surface area contributed by atoms with Gasteiger partial charge in [0.05, 0.1) is 0 Å². The van der Waals surface area contributed by atoms with Gasteiger partial charge in [0.25, 0.3) is 0 Å². The Labute approximate surface area is 120 Å². The zero-order chi connectivity index (χ0) is 15.2. The van der Waals surface area contributed by atoms with Gasteiger partial charge < -0.3 is 5.32 Å². The van der Waals surface area contributed by atoms with E-state index >= 15 is 0 Å². The first kappa shape index (κ1) is 16.4. The molecule has 1 aliphatic carbocycles. The lowest BCUT2D eigenvalue weighted by Crippen LogP contribution is -2.38. The van der Waals surface area contributed by atoms with Crippen LogP contribution in [0.1, 0.15) is 46.5 Å². The van der Waals surface area contributed by atoms with E-state index < -0.39 is 11.8 Å². The van der Waals surface area contributed by atoms with E-state index in [9.17, 15) is 9.59 Å². The van der Waals surface area contributed by atoms with Gasteiger partial charge in [-0.25, -0.2) is 5.43 Å². The molecule has 0 aromatic rings. The number of amides is 2. The number of hydrogen-bond acceptors (Lipinski definition) is 3. The van der Waals surface area contributed by atoms with Crippen LogP contribution in [0, 0.1) is 11.3 Å². The zero-order valence-corrected chi connectivity index (χ0v) is 12.7. The number of hydrogen-bond donors (Lipinski definition) is 2. The Morgan fingerprint density at radius 3 is 2.40 bits per heavy atom. The third kappa shape index (κ3) is 5.15. The van der Waals surface area contributed by atoms with Crippen molar-refractivity contribution in [1.29, 1.82) is 0 Å². The summed E-state index contributed by atoms with van der Waals surface area (Å²) < 4.78 is 0. The summed E-state index contributed by atoms with van der Waals surface area (Å²) in [6.07, 6.45) is 5.46. The molecule has 5 heteroatoms. The minimum absolute atomic E-state index is 0.274. The van der Waals surface area contributed by atoms with E-state index in [0.29, 0.717) is 11.3 Å². The van der Waals surface area contributed by atoms with Gasteiger partial charge in [-0.3, -0.25) is 9.59 Å². The average molecular weight is 279 g/mol. The lowest BCUT2D eigenvalue weighted by molar-refractivity contribution is -0.139. The molecule has 0 aliphatic heterocycles. The lowest BCUT2D eigenvalue weighted by Gasteiger charge is -2.34. The first-order chi connectivity index (χ1) is 9.34. The molecule has 2 N–H and O–H groups in total. The van der Waals surface area contributed by atoms with Crippen molar-refractivity contribution in [1.82, 2.24) is 10.7 Å². The lowest BCUT2D eigenvalue weighted by atomic mass is 9.72. The molecule has 1 rings (SSSR count). The van der Waals surface area contributed by atoms with Crippen molar-refractivity contribution in [3.8, 4) is 0 Å². The van der Waals surface area contributed by atoms with Crippen LogP contribution in [-0.4, -0.2) is 24.1 Å². The largest absolute Gasteiger partial charge is 0.344 e. The first-order valence-electron chi connectivity index (χ1n) is 7.09. The third-order valence-electron chi connectivity index (χ3n) is 3.72. The second-order valence-corrected chi connectivity index (χ2v) is 6.26. The van der Waals surface area contributed by atoms with E-state index in [0.717, 1.165) is 31.4 Å². The van der Waals surface area contributed by atoms with Crippen LogP contribution in [0.3, 0.4) is 0 Å². The minimum atomic E-state index is -0.725. The van der Waals surface area contributed by atoms with Crippen LogP contribution < -0.4 is 10.7 Å². The van der Waals surface area contributed by atoms with Gasteiger partial charge >= 0.3 is 11.8 Å². The van der Waals surface area contributed by atoms with Crippen molar-refractivity contribution in [2.45, 2.75) is 46.5 Å². The maximum absolute atomic E-state index is 11.5. The predicted molar refractivity (Wildman–Crippen MR) is 80.2 cm³/mol. The second kappa shape index (κ2) is 7.22. The highest BCUT2D eigenvalue weighted by Crippen LogP contribution is 2.36. The summed E-state index contributed by atoms with van der Waals surface area (Å²) in [4.78, 5) is 22.8. The molecule has 1 saturated carbocycles. The Hall–Kier alpha value is -1.65. The summed E-state index contributed by atoms with van der Waals surface area (Å²) in [5.74, 6) is -0.719. The van der Waals surface area contributed by atoms with Crippen molar-refractivity contribution in [2.24, 2.45) is 16.4 Å². The van der Waals surface area contributed by atoms with Crippen LogP contribution in [0.2, 0.25) is 0 Å². The summed E-state index contributed by atoms with van der Waals surface area (Å²) in [5.41, 5.74) is 3.60. The van der Waals surface area contributed by atoms with Gasteiger partial charge in [-0.1, -0.05) is 26.8 Å². The Balaban J connectivity index is 2.40. The highest BCUT2D eigenvalue weighted by atomic mass is 16.2. The van der Waals surface area contributed by atoms with E-state index in [2.05, 4.69) is 43.2 Å². The molecular formula is C15H25N3O2. The molecule has 1 aliphatic rings. The fraction of sp³-hybridized carbons (Fsp3) is 0.667.